The van der Waals surface area contributed by atoms with Gasteiger partial charge in [0.05, 0.1) is 32.8 Å². The van der Waals surface area contributed by atoms with Crippen molar-refractivity contribution in [2.45, 2.75) is 38.9 Å². The minimum atomic E-state index is -0.882. The Hall–Kier alpha value is -1.98. The lowest BCUT2D eigenvalue weighted by molar-refractivity contribution is 0.00578. The second kappa shape index (κ2) is 5.91. The van der Waals surface area contributed by atoms with Crippen LogP contribution in [0.15, 0.2) is 53.6 Å². The Labute approximate surface area is 141 Å². The predicted molar refractivity (Wildman–Crippen MR) is 93.6 cm³/mol. The van der Waals surface area contributed by atoms with Gasteiger partial charge in [0.1, 0.15) is 0 Å². The number of aromatic nitrogens is 1. The third kappa shape index (κ3) is 3.36. The molecular formula is C18H21BN2O2. The summed E-state index contributed by atoms with van der Waals surface area (Å²) in [5.74, 6) is 0. The average molecular weight is 311 g/mol. The van der Waals surface area contributed by atoms with Crippen molar-refractivity contribution in [1.29, 1.82) is 0 Å². The SMILES string of the molecule is [2H]c1nc(B2OC(C)(C)C(C)(C)O2)c([2H])c([2H])c1N=Cc1ccccc1. The van der Waals surface area contributed by atoms with Gasteiger partial charge in [-0.1, -0.05) is 30.3 Å². The third-order valence-corrected chi connectivity index (χ3v) is 4.21. The highest BCUT2D eigenvalue weighted by Crippen LogP contribution is 2.36. The fourth-order valence-corrected chi connectivity index (χ4v) is 2.10. The van der Waals surface area contributed by atoms with Crippen molar-refractivity contribution >= 4 is 24.6 Å². The Morgan fingerprint density at radius 1 is 1.09 bits per heavy atom. The van der Waals surface area contributed by atoms with E-state index >= 15 is 0 Å². The first-order valence-electron chi connectivity index (χ1n) is 9.05. The standard InChI is InChI=1S/C18H21BN2O2/c1-17(2)18(3,4)23-19(22-17)16-11-10-15(13-21-16)20-12-14-8-6-5-7-9-14/h5-13H,1-4H3/i10D,11D,13D. The summed E-state index contributed by atoms with van der Waals surface area (Å²) >= 11 is 0. The van der Waals surface area contributed by atoms with Gasteiger partial charge in [-0.2, -0.15) is 0 Å². The molecule has 118 valence electrons. The van der Waals surface area contributed by atoms with Gasteiger partial charge in [-0.15, -0.1) is 0 Å². The molecule has 0 radical (unpaired) electrons. The highest BCUT2D eigenvalue weighted by molar-refractivity contribution is 6.61. The predicted octanol–water partition coefficient (Wildman–Crippen LogP) is 3.13. The first-order chi connectivity index (χ1) is 12.1. The molecule has 0 atom stereocenters. The van der Waals surface area contributed by atoms with Crippen molar-refractivity contribution < 1.29 is 13.4 Å². The quantitative estimate of drug-likeness (QED) is 0.646. The van der Waals surface area contributed by atoms with Gasteiger partial charge in [0.2, 0.25) is 0 Å². The number of hydrogen-bond acceptors (Lipinski definition) is 4. The van der Waals surface area contributed by atoms with Gasteiger partial charge in [0, 0.05) is 6.21 Å². The minimum Gasteiger partial charge on any atom is -0.398 e. The first kappa shape index (κ1) is 12.4. The second-order valence-corrected chi connectivity index (χ2v) is 6.46. The van der Waals surface area contributed by atoms with Crippen LogP contribution in [0.1, 0.15) is 37.4 Å². The van der Waals surface area contributed by atoms with Crippen LogP contribution in [-0.4, -0.2) is 29.5 Å². The molecule has 2 aromatic rings. The molecule has 1 aliphatic heterocycles. The van der Waals surface area contributed by atoms with Crippen molar-refractivity contribution in [2.24, 2.45) is 4.99 Å². The molecule has 0 amide bonds. The van der Waals surface area contributed by atoms with Crippen LogP contribution in [0.2, 0.25) is 0 Å². The van der Waals surface area contributed by atoms with E-state index in [0.717, 1.165) is 5.56 Å². The summed E-state index contributed by atoms with van der Waals surface area (Å²) in [5, 5.41) is 0. The van der Waals surface area contributed by atoms with Crippen molar-refractivity contribution in [1.82, 2.24) is 4.98 Å². The first-order valence-corrected chi connectivity index (χ1v) is 7.55. The number of benzene rings is 1. The van der Waals surface area contributed by atoms with Crippen molar-refractivity contribution in [3.63, 3.8) is 0 Å². The molecule has 0 unspecified atom stereocenters. The maximum Gasteiger partial charge on any atom is 0.514 e. The summed E-state index contributed by atoms with van der Waals surface area (Å²) in [6.45, 7) is 7.60. The van der Waals surface area contributed by atoms with Gasteiger partial charge in [0.25, 0.3) is 0 Å². The lowest BCUT2D eigenvalue weighted by Gasteiger charge is -2.32. The smallest absolute Gasteiger partial charge is 0.398 e. The molecule has 0 N–H and O–H groups in total. The molecule has 0 spiro atoms. The van der Waals surface area contributed by atoms with Crippen LogP contribution in [0.5, 0.6) is 0 Å². The van der Waals surface area contributed by atoms with E-state index in [4.69, 9.17) is 13.4 Å². The number of rotatable bonds is 3. The van der Waals surface area contributed by atoms with Crippen LogP contribution in [0.4, 0.5) is 5.69 Å². The lowest BCUT2D eigenvalue weighted by atomic mass is 9.84. The van der Waals surface area contributed by atoms with E-state index in [2.05, 4.69) is 9.98 Å². The summed E-state index contributed by atoms with van der Waals surface area (Å²) in [6.07, 6.45) is 1.38. The minimum absolute atomic E-state index is 0.0547. The maximum absolute atomic E-state index is 8.27. The Balaban J connectivity index is 1.96. The maximum atomic E-state index is 8.27. The average Bonchev–Trinajstić information content (AvgIpc) is 2.79. The Bertz CT molecular complexity index is 841. The zero-order valence-corrected chi connectivity index (χ0v) is 13.8. The zero-order chi connectivity index (χ0) is 19.1. The molecule has 1 fully saturated rings. The Morgan fingerprint density at radius 3 is 2.39 bits per heavy atom. The second-order valence-electron chi connectivity index (χ2n) is 6.46. The monoisotopic (exact) mass is 311 g/mol. The Morgan fingerprint density at radius 2 is 1.74 bits per heavy atom. The van der Waals surface area contributed by atoms with Crippen LogP contribution < -0.4 is 5.59 Å². The molecule has 1 aromatic carbocycles. The van der Waals surface area contributed by atoms with Gasteiger partial charge >= 0.3 is 7.12 Å². The normalized spacial score (nSPS) is 21.2. The van der Waals surface area contributed by atoms with Crippen molar-refractivity contribution in [3.8, 4) is 0 Å². The summed E-state index contributed by atoms with van der Waals surface area (Å²) < 4.78 is 36.4. The number of hydrogen-bond donors (Lipinski definition) is 0. The number of nitrogens with zero attached hydrogens (tertiary/aromatic N) is 2. The summed E-state index contributed by atoms with van der Waals surface area (Å²) in [4.78, 5) is 8.35. The van der Waals surface area contributed by atoms with Crippen LogP contribution in [0, 0.1) is 0 Å². The van der Waals surface area contributed by atoms with E-state index < -0.39 is 18.3 Å². The number of aliphatic imine (C=N–C) groups is 1. The van der Waals surface area contributed by atoms with E-state index in [0.29, 0.717) is 0 Å². The van der Waals surface area contributed by atoms with Gasteiger partial charge in [0.15, 0.2) is 0 Å². The van der Waals surface area contributed by atoms with E-state index in [1.165, 1.54) is 0 Å². The summed E-state index contributed by atoms with van der Waals surface area (Å²) in [6, 6.07) is 9.07. The molecule has 3 rings (SSSR count). The van der Waals surface area contributed by atoms with Gasteiger partial charge in [-0.3, -0.25) is 9.98 Å². The number of pyridine rings is 1. The summed E-state index contributed by atoms with van der Waals surface area (Å²) in [5.41, 5.74) is -0.134. The van der Waals surface area contributed by atoms with E-state index in [1.54, 1.807) is 6.21 Å². The van der Waals surface area contributed by atoms with Crippen molar-refractivity contribution in [3.05, 3.63) is 54.2 Å². The molecule has 1 aromatic heterocycles. The molecule has 5 heteroatoms. The van der Waals surface area contributed by atoms with Crippen molar-refractivity contribution in [2.75, 3.05) is 0 Å². The van der Waals surface area contributed by atoms with Gasteiger partial charge in [-0.05, 0) is 45.3 Å². The highest BCUT2D eigenvalue weighted by Gasteiger charge is 2.52. The van der Waals surface area contributed by atoms with E-state index in [9.17, 15) is 0 Å². The topological polar surface area (TPSA) is 43.7 Å². The fourth-order valence-electron chi connectivity index (χ4n) is 2.10. The molecule has 1 saturated heterocycles. The summed E-state index contributed by atoms with van der Waals surface area (Å²) in [7, 11) is -0.882. The third-order valence-electron chi connectivity index (χ3n) is 4.21. The lowest BCUT2D eigenvalue weighted by Crippen LogP contribution is -2.41. The van der Waals surface area contributed by atoms with Crippen LogP contribution in [0.3, 0.4) is 0 Å². The molecule has 4 nitrogen and oxygen atoms in total. The van der Waals surface area contributed by atoms with Gasteiger partial charge < -0.3 is 9.31 Å². The molecule has 2 heterocycles. The van der Waals surface area contributed by atoms with E-state index in [-0.39, 0.29) is 29.5 Å². The molecule has 0 bridgehead atoms. The fraction of sp³-hybridized carbons (Fsp3) is 0.333. The molecule has 0 aliphatic carbocycles. The zero-order valence-electron chi connectivity index (χ0n) is 16.8. The van der Waals surface area contributed by atoms with Gasteiger partial charge in [-0.25, -0.2) is 0 Å². The molecule has 0 saturated carbocycles. The molecular weight excluding hydrogens is 287 g/mol. The van der Waals surface area contributed by atoms with Crippen LogP contribution in [-0.2, 0) is 9.31 Å². The Kier molecular flexibility index (Phi) is 3.20. The van der Waals surface area contributed by atoms with Crippen LogP contribution in [0.25, 0.3) is 0 Å². The van der Waals surface area contributed by atoms with Crippen LogP contribution >= 0.6 is 0 Å². The largest absolute Gasteiger partial charge is 0.514 e. The molecule has 1 aliphatic rings. The molecule has 23 heavy (non-hydrogen) atoms. The highest BCUT2D eigenvalue weighted by atomic mass is 16.7. The van der Waals surface area contributed by atoms with E-state index in [1.807, 2.05) is 58.0 Å².